The number of ether oxygens (including phenoxy) is 2. The fourth-order valence-corrected chi connectivity index (χ4v) is 1.10. The van der Waals surface area contributed by atoms with E-state index in [1.807, 2.05) is 20.8 Å². The van der Waals surface area contributed by atoms with Crippen LogP contribution in [0.3, 0.4) is 0 Å². The molecular formula is C11H23NO3. The lowest BCUT2D eigenvalue weighted by molar-refractivity contribution is 0.0522. The summed E-state index contributed by atoms with van der Waals surface area (Å²) < 4.78 is 10.1. The maximum Gasteiger partial charge on any atom is 0.407 e. The molecule has 0 spiro atoms. The molecule has 90 valence electrons. The molecule has 4 heteroatoms. The van der Waals surface area contributed by atoms with Crippen LogP contribution in [0.5, 0.6) is 0 Å². The first-order valence-electron chi connectivity index (χ1n) is 5.31. The Morgan fingerprint density at radius 2 is 2.00 bits per heavy atom. The lowest BCUT2D eigenvalue weighted by atomic mass is 10.1. The highest BCUT2D eigenvalue weighted by Crippen LogP contribution is 2.06. The van der Waals surface area contributed by atoms with Gasteiger partial charge in [-0.1, -0.05) is 6.92 Å². The van der Waals surface area contributed by atoms with E-state index < -0.39 is 5.60 Å². The molecule has 0 aliphatic rings. The normalized spacial score (nSPS) is 13.4. The van der Waals surface area contributed by atoms with E-state index in [0.717, 1.165) is 13.0 Å². The van der Waals surface area contributed by atoms with Crippen LogP contribution in [0.1, 0.15) is 34.1 Å². The maximum absolute atomic E-state index is 11.2. The standard InChI is InChI=1S/C11H23NO3/c1-9(8-14-5)6-7-12-10(13)15-11(2,3)4/h9H,6-8H2,1-5H3,(H,12,13)/t9-/m0/s1. The molecule has 0 saturated carbocycles. The van der Waals surface area contributed by atoms with Crippen molar-refractivity contribution in [3.05, 3.63) is 0 Å². The van der Waals surface area contributed by atoms with Crippen LogP contribution in [-0.4, -0.2) is 32.0 Å². The number of hydrogen-bond acceptors (Lipinski definition) is 3. The van der Waals surface area contributed by atoms with Crippen LogP contribution in [0.2, 0.25) is 0 Å². The van der Waals surface area contributed by atoms with Crippen LogP contribution in [0.15, 0.2) is 0 Å². The summed E-state index contributed by atoms with van der Waals surface area (Å²) in [5.74, 6) is 0.449. The summed E-state index contributed by atoms with van der Waals surface area (Å²) in [5, 5.41) is 2.71. The van der Waals surface area contributed by atoms with Gasteiger partial charge in [-0.3, -0.25) is 0 Å². The number of carbonyl (C=O) groups excluding carboxylic acids is 1. The molecule has 4 nitrogen and oxygen atoms in total. The van der Waals surface area contributed by atoms with Crippen molar-refractivity contribution in [3.8, 4) is 0 Å². The Morgan fingerprint density at radius 1 is 1.40 bits per heavy atom. The molecule has 0 saturated heterocycles. The van der Waals surface area contributed by atoms with E-state index in [0.29, 0.717) is 12.5 Å². The Hall–Kier alpha value is -0.770. The van der Waals surface area contributed by atoms with E-state index in [-0.39, 0.29) is 6.09 Å². The molecule has 0 fully saturated rings. The van der Waals surface area contributed by atoms with Crippen molar-refractivity contribution in [2.75, 3.05) is 20.3 Å². The topological polar surface area (TPSA) is 47.6 Å². The minimum atomic E-state index is -0.428. The van der Waals surface area contributed by atoms with E-state index >= 15 is 0 Å². The van der Waals surface area contributed by atoms with Gasteiger partial charge in [-0.15, -0.1) is 0 Å². The zero-order valence-electron chi connectivity index (χ0n) is 10.4. The van der Waals surface area contributed by atoms with E-state index in [4.69, 9.17) is 9.47 Å². The predicted molar refractivity (Wildman–Crippen MR) is 59.9 cm³/mol. The molecule has 0 heterocycles. The Balaban J connectivity index is 3.55. The highest BCUT2D eigenvalue weighted by atomic mass is 16.6. The number of rotatable bonds is 5. The number of methoxy groups -OCH3 is 1. The average molecular weight is 217 g/mol. The monoisotopic (exact) mass is 217 g/mol. The molecule has 0 aromatic heterocycles. The number of hydrogen-bond donors (Lipinski definition) is 1. The highest BCUT2D eigenvalue weighted by Gasteiger charge is 2.15. The van der Waals surface area contributed by atoms with Crippen molar-refractivity contribution >= 4 is 6.09 Å². The second-order valence-corrected chi connectivity index (χ2v) is 4.78. The van der Waals surface area contributed by atoms with Gasteiger partial charge in [-0.25, -0.2) is 4.79 Å². The molecule has 15 heavy (non-hydrogen) atoms. The molecule has 1 atom stereocenters. The molecule has 1 N–H and O–H groups in total. The van der Waals surface area contributed by atoms with Crippen LogP contribution in [0, 0.1) is 5.92 Å². The summed E-state index contributed by atoms with van der Waals surface area (Å²) in [4.78, 5) is 11.2. The van der Waals surface area contributed by atoms with Crippen molar-refractivity contribution < 1.29 is 14.3 Å². The summed E-state index contributed by atoms with van der Waals surface area (Å²) in [6, 6.07) is 0. The molecule has 0 bridgehead atoms. The highest BCUT2D eigenvalue weighted by molar-refractivity contribution is 5.67. The van der Waals surface area contributed by atoms with Gasteiger partial charge in [-0.05, 0) is 33.1 Å². The van der Waals surface area contributed by atoms with Gasteiger partial charge < -0.3 is 14.8 Å². The molecule has 0 rings (SSSR count). The zero-order chi connectivity index (χ0) is 11.9. The third-order valence-corrected chi connectivity index (χ3v) is 1.76. The van der Waals surface area contributed by atoms with Crippen LogP contribution in [0.4, 0.5) is 4.79 Å². The molecule has 0 aromatic carbocycles. The van der Waals surface area contributed by atoms with Gasteiger partial charge in [-0.2, -0.15) is 0 Å². The second-order valence-electron chi connectivity index (χ2n) is 4.78. The Labute approximate surface area is 92.3 Å². The van der Waals surface area contributed by atoms with Crippen molar-refractivity contribution in [2.24, 2.45) is 5.92 Å². The number of nitrogens with one attached hydrogen (secondary N) is 1. The zero-order valence-corrected chi connectivity index (χ0v) is 10.4. The Morgan fingerprint density at radius 3 is 2.47 bits per heavy atom. The Kier molecular flexibility index (Phi) is 6.32. The molecule has 0 aliphatic carbocycles. The largest absolute Gasteiger partial charge is 0.444 e. The van der Waals surface area contributed by atoms with E-state index in [1.54, 1.807) is 7.11 Å². The lowest BCUT2D eigenvalue weighted by Crippen LogP contribution is -2.33. The number of amides is 1. The maximum atomic E-state index is 11.2. The molecular weight excluding hydrogens is 194 g/mol. The Bertz CT molecular complexity index is 187. The van der Waals surface area contributed by atoms with E-state index in [1.165, 1.54) is 0 Å². The van der Waals surface area contributed by atoms with Crippen molar-refractivity contribution in [2.45, 2.75) is 39.7 Å². The average Bonchev–Trinajstić information content (AvgIpc) is 2.00. The third kappa shape index (κ3) is 9.53. The molecule has 0 radical (unpaired) electrons. The molecule has 0 aromatic rings. The van der Waals surface area contributed by atoms with Gasteiger partial charge in [0, 0.05) is 20.3 Å². The van der Waals surface area contributed by atoms with Gasteiger partial charge >= 0.3 is 6.09 Å². The van der Waals surface area contributed by atoms with Gasteiger partial charge in [0.1, 0.15) is 5.60 Å². The summed E-state index contributed by atoms with van der Waals surface area (Å²) in [6.07, 6.45) is 0.541. The second kappa shape index (κ2) is 6.67. The van der Waals surface area contributed by atoms with Gasteiger partial charge in [0.15, 0.2) is 0 Å². The minimum absolute atomic E-state index is 0.355. The summed E-state index contributed by atoms with van der Waals surface area (Å²) in [7, 11) is 1.68. The van der Waals surface area contributed by atoms with Crippen LogP contribution in [-0.2, 0) is 9.47 Å². The van der Waals surface area contributed by atoms with Gasteiger partial charge in [0.25, 0.3) is 0 Å². The predicted octanol–water partition coefficient (Wildman–Crippen LogP) is 2.18. The number of alkyl carbamates (subject to hydrolysis) is 1. The van der Waals surface area contributed by atoms with Crippen LogP contribution in [0.25, 0.3) is 0 Å². The molecule has 1 amide bonds. The molecule has 0 unspecified atom stereocenters. The third-order valence-electron chi connectivity index (χ3n) is 1.76. The minimum Gasteiger partial charge on any atom is -0.444 e. The first kappa shape index (κ1) is 14.2. The smallest absolute Gasteiger partial charge is 0.407 e. The number of carbonyl (C=O) groups is 1. The summed E-state index contributed by atoms with van der Waals surface area (Å²) >= 11 is 0. The summed E-state index contributed by atoms with van der Waals surface area (Å²) in [5.41, 5.74) is -0.428. The van der Waals surface area contributed by atoms with Crippen molar-refractivity contribution in [3.63, 3.8) is 0 Å². The first-order valence-corrected chi connectivity index (χ1v) is 5.31. The van der Waals surface area contributed by atoms with Crippen molar-refractivity contribution in [1.29, 1.82) is 0 Å². The fraction of sp³-hybridized carbons (Fsp3) is 0.909. The van der Waals surface area contributed by atoms with Crippen LogP contribution < -0.4 is 5.32 Å². The first-order chi connectivity index (χ1) is 6.85. The van der Waals surface area contributed by atoms with Gasteiger partial charge in [0.2, 0.25) is 0 Å². The molecule has 0 aliphatic heterocycles. The SMILES string of the molecule is COC[C@@H](C)CCNC(=O)OC(C)(C)C. The van der Waals surface area contributed by atoms with E-state index in [2.05, 4.69) is 12.2 Å². The van der Waals surface area contributed by atoms with Crippen LogP contribution >= 0.6 is 0 Å². The van der Waals surface area contributed by atoms with Crippen molar-refractivity contribution in [1.82, 2.24) is 5.32 Å². The van der Waals surface area contributed by atoms with Gasteiger partial charge in [0.05, 0.1) is 0 Å². The van der Waals surface area contributed by atoms with E-state index in [9.17, 15) is 4.79 Å². The fourth-order valence-electron chi connectivity index (χ4n) is 1.10. The summed E-state index contributed by atoms with van der Waals surface area (Å²) in [6.45, 7) is 8.97. The quantitative estimate of drug-likeness (QED) is 0.768. The lowest BCUT2D eigenvalue weighted by Gasteiger charge is -2.20.